The van der Waals surface area contributed by atoms with E-state index in [1.54, 1.807) is 13.8 Å². The molecule has 4 atom stereocenters. The van der Waals surface area contributed by atoms with E-state index in [2.05, 4.69) is 10.6 Å². The van der Waals surface area contributed by atoms with E-state index in [9.17, 15) is 9.59 Å². The highest BCUT2D eigenvalue weighted by Gasteiger charge is 2.42. The monoisotopic (exact) mass is 532 g/mol. The van der Waals surface area contributed by atoms with Crippen molar-refractivity contribution in [3.05, 3.63) is 71.8 Å². The maximum Gasteiger partial charge on any atom is 0.235 e. The highest BCUT2D eigenvalue weighted by Crippen LogP contribution is 2.27. The molecule has 8 nitrogen and oxygen atoms in total. The molecule has 2 aromatic rings. The van der Waals surface area contributed by atoms with Gasteiger partial charge < -0.3 is 20.1 Å². The first-order valence-electron chi connectivity index (χ1n) is 13.7. The Kier molecular flexibility index (Phi) is 8.73. The van der Waals surface area contributed by atoms with Gasteiger partial charge >= 0.3 is 0 Å². The quantitative estimate of drug-likeness (QED) is 0.436. The van der Waals surface area contributed by atoms with Crippen LogP contribution in [0.5, 0.6) is 0 Å². The summed E-state index contributed by atoms with van der Waals surface area (Å²) >= 11 is 0. The molecule has 0 saturated carbocycles. The van der Waals surface area contributed by atoms with Crippen LogP contribution < -0.4 is 10.6 Å². The lowest BCUT2D eigenvalue weighted by atomic mass is 9.88. The Morgan fingerprint density at radius 1 is 0.718 bits per heavy atom. The minimum atomic E-state index is -1.35. The molecule has 39 heavy (non-hydrogen) atoms. The van der Waals surface area contributed by atoms with E-state index >= 15 is 0 Å². The average molecular weight is 533 g/mol. The average Bonchev–Trinajstić information content (AvgIpc) is 3.61. The van der Waals surface area contributed by atoms with Gasteiger partial charge in [-0.3, -0.25) is 9.59 Å². The van der Waals surface area contributed by atoms with Gasteiger partial charge in [0.2, 0.25) is 23.6 Å². The Labute approximate surface area is 231 Å². The lowest BCUT2D eigenvalue weighted by Gasteiger charge is -2.30. The topological polar surface area (TPSA) is 101 Å². The molecule has 0 saturated heterocycles. The molecule has 208 valence electrons. The molecule has 0 aromatic heterocycles. The molecule has 2 aromatic carbocycles. The molecule has 2 heterocycles. The van der Waals surface area contributed by atoms with Crippen LogP contribution >= 0.6 is 0 Å². The molecule has 4 rings (SSSR count). The van der Waals surface area contributed by atoms with Gasteiger partial charge in [0.1, 0.15) is 42.8 Å². The van der Waals surface area contributed by atoms with Gasteiger partial charge in [0.05, 0.1) is 0 Å². The molecule has 0 spiro atoms. The number of hydrogen-bond donors (Lipinski definition) is 2. The smallest absolute Gasteiger partial charge is 0.235 e. The standard InChI is InChI=1S/C31H40N4O4/c1-19(2)25(27-32-23(17-38-27)21-13-9-7-10-14-21)34-29(36)31(5,6)30(37)35-26(20(3)4)28-33-24(18-39-28)22-15-11-8-12-16-22/h7-16,19-20,23-26H,17-18H2,1-6H3,(H,34,36)(H,35,37)/t23-,24-,25-,26-/m0/s1. The van der Waals surface area contributed by atoms with Crippen LogP contribution in [-0.2, 0) is 19.1 Å². The third-order valence-corrected chi connectivity index (χ3v) is 7.29. The van der Waals surface area contributed by atoms with Gasteiger partial charge in [-0.05, 0) is 36.8 Å². The number of hydrogen-bond acceptors (Lipinski definition) is 6. The summed E-state index contributed by atoms with van der Waals surface area (Å²) in [5, 5.41) is 6.07. The predicted octanol–water partition coefficient (Wildman–Crippen LogP) is 4.63. The summed E-state index contributed by atoms with van der Waals surface area (Å²) in [6, 6.07) is 18.7. The number of carbonyl (C=O) groups is 2. The van der Waals surface area contributed by atoms with Crippen molar-refractivity contribution in [3.63, 3.8) is 0 Å². The Bertz CT molecular complexity index is 1110. The fourth-order valence-corrected chi connectivity index (χ4v) is 4.59. The normalized spacial score (nSPS) is 20.5. The molecule has 2 aliphatic rings. The van der Waals surface area contributed by atoms with E-state index < -0.39 is 29.3 Å². The number of ether oxygens (including phenoxy) is 2. The van der Waals surface area contributed by atoms with Crippen molar-refractivity contribution in [2.45, 2.75) is 65.7 Å². The van der Waals surface area contributed by atoms with E-state index in [0.29, 0.717) is 25.0 Å². The van der Waals surface area contributed by atoms with Crippen molar-refractivity contribution in [2.75, 3.05) is 13.2 Å². The second kappa shape index (κ2) is 12.0. The van der Waals surface area contributed by atoms with E-state index in [0.717, 1.165) is 11.1 Å². The van der Waals surface area contributed by atoms with E-state index in [1.807, 2.05) is 88.4 Å². The molecule has 2 aliphatic heterocycles. The first-order valence-corrected chi connectivity index (χ1v) is 13.7. The van der Waals surface area contributed by atoms with Crippen LogP contribution in [0.15, 0.2) is 70.6 Å². The van der Waals surface area contributed by atoms with Crippen LogP contribution in [0.25, 0.3) is 0 Å². The maximum absolute atomic E-state index is 13.5. The fourth-order valence-electron chi connectivity index (χ4n) is 4.59. The minimum Gasteiger partial charge on any atom is -0.477 e. The number of amides is 2. The summed E-state index contributed by atoms with van der Waals surface area (Å²) in [5.74, 6) is 0.216. The van der Waals surface area contributed by atoms with Crippen LogP contribution in [-0.4, -0.2) is 48.9 Å². The molecule has 0 radical (unpaired) electrons. The minimum absolute atomic E-state index is 0.0145. The van der Waals surface area contributed by atoms with Crippen LogP contribution in [0.2, 0.25) is 0 Å². The summed E-state index contributed by atoms with van der Waals surface area (Å²) in [5.41, 5.74) is 0.774. The van der Waals surface area contributed by atoms with Gasteiger partial charge in [0.25, 0.3) is 0 Å². The highest BCUT2D eigenvalue weighted by atomic mass is 16.5. The maximum atomic E-state index is 13.5. The highest BCUT2D eigenvalue weighted by molar-refractivity contribution is 6.06. The van der Waals surface area contributed by atoms with Gasteiger partial charge in [-0.1, -0.05) is 88.4 Å². The molecule has 8 heteroatoms. The van der Waals surface area contributed by atoms with E-state index in [4.69, 9.17) is 19.5 Å². The predicted molar refractivity (Wildman–Crippen MR) is 152 cm³/mol. The Morgan fingerprint density at radius 3 is 1.41 bits per heavy atom. The van der Waals surface area contributed by atoms with Crippen LogP contribution in [0.4, 0.5) is 0 Å². The van der Waals surface area contributed by atoms with Crippen molar-refractivity contribution in [2.24, 2.45) is 27.2 Å². The van der Waals surface area contributed by atoms with Gasteiger partial charge in [-0.25, -0.2) is 9.98 Å². The largest absolute Gasteiger partial charge is 0.477 e. The third kappa shape index (κ3) is 6.49. The molecular formula is C31H40N4O4. The molecular weight excluding hydrogens is 492 g/mol. The first kappa shape index (κ1) is 28.3. The van der Waals surface area contributed by atoms with E-state index in [-0.39, 0.29) is 23.9 Å². The first-order chi connectivity index (χ1) is 18.6. The summed E-state index contributed by atoms with van der Waals surface area (Å²) in [6.07, 6.45) is 0. The Morgan fingerprint density at radius 2 is 1.08 bits per heavy atom. The number of rotatable bonds is 10. The van der Waals surface area contributed by atoms with Crippen molar-refractivity contribution in [1.82, 2.24) is 10.6 Å². The lowest BCUT2D eigenvalue weighted by molar-refractivity contribution is -0.142. The van der Waals surface area contributed by atoms with Gasteiger partial charge in [0, 0.05) is 0 Å². The second-order valence-corrected chi connectivity index (χ2v) is 11.4. The summed E-state index contributed by atoms with van der Waals surface area (Å²) in [4.78, 5) is 36.5. The molecule has 0 unspecified atom stereocenters. The molecule has 0 aliphatic carbocycles. The summed E-state index contributed by atoms with van der Waals surface area (Å²) < 4.78 is 11.9. The molecule has 2 N–H and O–H groups in total. The molecule has 2 amide bonds. The third-order valence-electron chi connectivity index (χ3n) is 7.29. The SMILES string of the molecule is CC(C)[C@H](NC(=O)C(C)(C)C(=O)N[C@H](C1=N[C@H](c2ccccc2)CO1)C(C)C)C1=N[C@H](c2ccccc2)CO1. The van der Waals surface area contributed by atoms with Crippen molar-refractivity contribution >= 4 is 23.6 Å². The van der Waals surface area contributed by atoms with Crippen LogP contribution in [0.3, 0.4) is 0 Å². The molecule has 0 fully saturated rings. The molecule has 0 bridgehead atoms. The summed E-state index contributed by atoms with van der Waals surface area (Å²) in [7, 11) is 0. The van der Waals surface area contributed by atoms with Gasteiger partial charge in [-0.2, -0.15) is 0 Å². The zero-order chi connectivity index (χ0) is 28.2. The fraction of sp³-hybridized carbons (Fsp3) is 0.484. The number of aliphatic imine (C=N–C) groups is 2. The Hall–Kier alpha value is -3.68. The Balaban J connectivity index is 1.44. The second-order valence-electron chi connectivity index (χ2n) is 11.4. The van der Waals surface area contributed by atoms with E-state index in [1.165, 1.54) is 0 Å². The van der Waals surface area contributed by atoms with Crippen molar-refractivity contribution in [3.8, 4) is 0 Å². The van der Waals surface area contributed by atoms with Crippen LogP contribution in [0, 0.1) is 17.3 Å². The van der Waals surface area contributed by atoms with Crippen molar-refractivity contribution < 1.29 is 19.1 Å². The van der Waals surface area contributed by atoms with Crippen molar-refractivity contribution in [1.29, 1.82) is 0 Å². The number of nitrogens with one attached hydrogen (secondary N) is 2. The van der Waals surface area contributed by atoms with Gasteiger partial charge in [-0.15, -0.1) is 0 Å². The van der Waals surface area contributed by atoms with Crippen LogP contribution in [0.1, 0.15) is 64.8 Å². The lowest BCUT2D eigenvalue weighted by Crippen LogP contribution is -2.56. The number of benzene rings is 2. The van der Waals surface area contributed by atoms with Gasteiger partial charge in [0.15, 0.2) is 0 Å². The number of nitrogens with zero attached hydrogens (tertiary/aromatic N) is 2. The zero-order valence-electron chi connectivity index (χ0n) is 23.7. The summed E-state index contributed by atoms with van der Waals surface area (Å²) in [6.45, 7) is 12.1. The number of carbonyl (C=O) groups excluding carboxylic acids is 2. The zero-order valence-corrected chi connectivity index (χ0v) is 23.7.